The van der Waals surface area contributed by atoms with Gasteiger partial charge < -0.3 is 15.1 Å². The van der Waals surface area contributed by atoms with Crippen LogP contribution >= 0.6 is 0 Å². The Morgan fingerprint density at radius 3 is 2.68 bits per heavy atom. The second-order valence-electron chi connectivity index (χ2n) is 4.55. The number of likely N-dealkylation sites (tertiary alicyclic amines) is 1. The molecule has 6 heteroatoms. The first-order chi connectivity index (χ1) is 9.04. The van der Waals surface area contributed by atoms with Crippen molar-refractivity contribution >= 4 is 12.1 Å². The van der Waals surface area contributed by atoms with E-state index in [-0.39, 0.29) is 19.6 Å². The fraction of sp³-hybridized carbons (Fsp3) is 0.385. The van der Waals surface area contributed by atoms with Crippen LogP contribution in [0.15, 0.2) is 30.3 Å². The molecular weight excluding hydrogens is 250 g/mol. The summed E-state index contributed by atoms with van der Waals surface area (Å²) in [6, 6.07) is 7.89. The Bertz CT molecular complexity index is 475. The van der Waals surface area contributed by atoms with Gasteiger partial charge in [0.25, 0.3) is 0 Å². The van der Waals surface area contributed by atoms with E-state index >= 15 is 0 Å². The van der Waals surface area contributed by atoms with Gasteiger partial charge in [-0.1, -0.05) is 30.3 Å². The van der Waals surface area contributed by atoms with E-state index in [0.29, 0.717) is 6.42 Å². The van der Waals surface area contributed by atoms with Gasteiger partial charge in [-0.2, -0.15) is 4.79 Å². The van der Waals surface area contributed by atoms with Gasteiger partial charge in [0.15, 0.2) is 6.04 Å². The molecule has 1 fully saturated rings. The summed E-state index contributed by atoms with van der Waals surface area (Å²) < 4.78 is 3.52. The summed E-state index contributed by atoms with van der Waals surface area (Å²) in [6.07, 6.45) is -0.858. The van der Waals surface area contributed by atoms with Crippen molar-refractivity contribution in [3.63, 3.8) is 0 Å². The van der Waals surface area contributed by atoms with Crippen LogP contribution in [0.2, 0.25) is 0 Å². The van der Waals surface area contributed by atoms with Crippen molar-refractivity contribution in [3.8, 4) is 0 Å². The first-order valence-electron chi connectivity index (χ1n) is 6.07. The molecule has 0 bridgehead atoms. The lowest BCUT2D eigenvalue weighted by atomic mass is 10.2. The molecule has 19 heavy (non-hydrogen) atoms. The van der Waals surface area contributed by atoms with Crippen LogP contribution in [0.25, 0.3) is 0 Å². The third kappa shape index (κ3) is 2.74. The Labute approximate surface area is 110 Å². The lowest BCUT2D eigenvalue weighted by molar-refractivity contribution is -0.810. The Hall–Kier alpha value is -1.92. The highest BCUT2D eigenvalue weighted by Crippen LogP contribution is 2.27. The summed E-state index contributed by atoms with van der Waals surface area (Å²) in [5, 5.41) is 21.0. The monoisotopic (exact) mass is 265 g/mol. The summed E-state index contributed by atoms with van der Waals surface area (Å²) >= 11 is 0. The molecule has 6 nitrogen and oxygen atoms in total. The zero-order valence-electron chi connectivity index (χ0n) is 10.3. The van der Waals surface area contributed by atoms with Crippen molar-refractivity contribution in [3.05, 3.63) is 41.1 Å². The number of nitrogens with zero attached hydrogens (tertiary/aromatic N) is 1. The van der Waals surface area contributed by atoms with E-state index in [2.05, 4.69) is 0 Å². The standard InChI is InChI=1S/C13H15NO5/c15-12(19-9-10-5-2-1-3-6-10)11-7-4-8-14(11,18)13(16)17/h1-3,5-6,11H,4,7-9H2,(H,16,17). The number of hydroxylamine groups is 3. The molecule has 1 heterocycles. The van der Waals surface area contributed by atoms with Crippen molar-refractivity contribution in [2.75, 3.05) is 6.54 Å². The molecule has 1 N–H and O–H groups in total. The zero-order valence-corrected chi connectivity index (χ0v) is 10.3. The second kappa shape index (κ2) is 5.38. The van der Waals surface area contributed by atoms with Gasteiger partial charge in [-0.3, -0.25) is 0 Å². The SMILES string of the molecule is O=C(OCc1ccccc1)C1CCC[N+]1([O-])C(=O)O. The molecule has 0 saturated carbocycles. The molecule has 1 aromatic rings. The molecule has 1 amide bonds. The lowest BCUT2D eigenvalue weighted by Crippen LogP contribution is -2.54. The van der Waals surface area contributed by atoms with Crippen LogP contribution in [0.5, 0.6) is 0 Å². The van der Waals surface area contributed by atoms with Crippen molar-refractivity contribution in [1.29, 1.82) is 0 Å². The van der Waals surface area contributed by atoms with E-state index in [1.54, 1.807) is 12.1 Å². The fourth-order valence-electron chi connectivity index (χ4n) is 2.23. The summed E-state index contributed by atoms with van der Waals surface area (Å²) in [5.74, 6) is -0.737. The molecule has 1 aliphatic heterocycles. The predicted molar refractivity (Wildman–Crippen MR) is 65.8 cm³/mol. The summed E-state index contributed by atoms with van der Waals surface area (Å²) in [6.45, 7) is -0.0315. The minimum atomic E-state index is -1.53. The van der Waals surface area contributed by atoms with E-state index in [4.69, 9.17) is 9.84 Å². The van der Waals surface area contributed by atoms with Gasteiger partial charge in [0.2, 0.25) is 0 Å². The minimum absolute atomic E-state index is 0.0514. The first kappa shape index (κ1) is 13.5. The van der Waals surface area contributed by atoms with Gasteiger partial charge in [0.1, 0.15) is 6.61 Å². The molecule has 2 unspecified atom stereocenters. The Morgan fingerprint density at radius 1 is 1.37 bits per heavy atom. The smallest absolute Gasteiger partial charge is 0.514 e. The maximum Gasteiger partial charge on any atom is 0.514 e. The first-order valence-corrected chi connectivity index (χ1v) is 6.07. The van der Waals surface area contributed by atoms with E-state index in [0.717, 1.165) is 5.56 Å². The Kier molecular flexibility index (Phi) is 3.82. The third-order valence-corrected chi connectivity index (χ3v) is 3.29. The number of carbonyl (C=O) groups excluding carboxylic acids is 1. The summed E-state index contributed by atoms with van der Waals surface area (Å²) in [5.41, 5.74) is 0.799. The molecule has 1 aromatic carbocycles. The highest BCUT2D eigenvalue weighted by atomic mass is 16.6. The number of hydrogen-bond acceptors (Lipinski definition) is 4. The van der Waals surface area contributed by atoms with Crippen LogP contribution in [0.4, 0.5) is 4.79 Å². The van der Waals surface area contributed by atoms with Gasteiger partial charge in [-0.05, 0) is 5.56 Å². The van der Waals surface area contributed by atoms with Gasteiger partial charge in [-0.15, -0.1) is 0 Å². The topological polar surface area (TPSA) is 86.7 Å². The molecular formula is C13H15NO5. The second-order valence-corrected chi connectivity index (χ2v) is 4.55. The number of quaternary nitrogens is 1. The molecule has 0 spiro atoms. The zero-order chi connectivity index (χ0) is 13.9. The van der Waals surface area contributed by atoms with Crippen LogP contribution in [0.3, 0.4) is 0 Å². The lowest BCUT2D eigenvalue weighted by Gasteiger charge is -2.36. The Balaban J connectivity index is 1.98. The van der Waals surface area contributed by atoms with E-state index in [1.165, 1.54) is 0 Å². The van der Waals surface area contributed by atoms with Gasteiger partial charge in [0.05, 0.1) is 6.54 Å². The number of benzene rings is 1. The van der Waals surface area contributed by atoms with Crippen molar-refractivity contribution in [2.45, 2.75) is 25.5 Å². The third-order valence-electron chi connectivity index (χ3n) is 3.29. The highest BCUT2D eigenvalue weighted by Gasteiger charge is 2.47. The van der Waals surface area contributed by atoms with Crippen LogP contribution in [0, 0.1) is 5.21 Å². The molecule has 0 aliphatic carbocycles. The normalized spacial score (nSPS) is 26.1. The molecule has 0 radical (unpaired) electrons. The van der Waals surface area contributed by atoms with Gasteiger partial charge >= 0.3 is 12.1 Å². The highest BCUT2D eigenvalue weighted by molar-refractivity contribution is 5.77. The van der Waals surface area contributed by atoms with Crippen LogP contribution in [-0.4, -0.2) is 34.4 Å². The van der Waals surface area contributed by atoms with Crippen molar-refractivity contribution < 1.29 is 24.1 Å². The quantitative estimate of drug-likeness (QED) is 0.512. The summed E-state index contributed by atoms with van der Waals surface area (Å²) in [4.78, 5) is 22.8. The van der Waals surface area contributed by atoms with E-state index < -0.39 is 22.8 Å². The molecule has 102 valence electrons. The molecule has 1 saturated heterocycles. The van der Waals surface area contributed by atoms with Crippen LogP contribution in [0.1, 0.15) is 18.4 Å². The van der Waals surface area contributed by atoms with Gasteiger partial charge in [-0.25, -0.2) is 9.44 Å². The minimum Gasteiger partial charge on any atom is -0.622 e. The Morgan fingerprint density at radius 2 is 2.05 bits per heavy atom. The number of amides is 1. The molecule has 0 aromatic heterocycles. The average molecular weight is 265 g/mol. The number of ether oxygens (including phenoxy) is 1. The largest absolute Gasteiger partial charge is 0.622 e. The molecule has 2 atom stereocenters. The van der Waals surface area contributed by atoms with Crippen molar-refractivity contribution in [2.24, 2.45) is 0 Å². The van der Waals surface area contributed by atoms with Crippen molar-refractivity contribution in [1.82, 2.24) is 0 Å². The van der Waals surface area contributed by atoms with E-state index in [9.17, 15) is 14.8 Å². The van der Waals surface area contributed by atoms with Crippen LogP contribution in [-0.2, 0) is 16.1 Å². The molecule has 2 rings (SSSR count). The maximum atomic E-state index is 12.0. The van der Waals surface area contributed by atoms with Gasteiger partial charge in [0, 0.05) is 12.8 Å². The number of carboxylic acid groups (broad SMARTS) is 1. The number of hydrogen-bond donors (Lipinski definition) is 1. The van der Waals surface area contributed by atoms with E-state index in [1.807, 2.05) is 18.2 Å². The molecule has 1 aliphatic rings. The maximum absolute atomic E-state index is 12.0. The predicted octanol–water partition coefficient (Wildman–Crippen LogP) is 1.88. The average Bonchev–Trinajstić information content (AvgIpc) is 2.81. The number of esters is 1. The van der Waals surface area contributed by atoms with Crippen LogP contribution < -0.4 is 0 Å². The number of carbonyl (C=O) groups is 2. The number of rotatable bonds is 3. The fourth-order valence-corrected chi connectivity index (χ4v) is 2.23. The summed E-state index contributed by atoms with van der Waals surface area (Å²) in [7, 11) is 0.